The molecule has 5 nitrogen and oxygen atoms in total. The lowest BCUT2D eigenvalue weighted by Gasteiger charge is -2.11. The quantitative estimate of drug-likeness (QED) is 0.849. The van der Waals surface area contributed by atoms with Crippen LogP contribution in [0.15, 0.2) is 18.2 Å². The van der Waals surface area contributed by atoms with E-state index in [-0.39, 0.29) is 22.8 Å². The topological polar surface area (TPSA) is 68.3 Å². The van der Waals surface area contributed by atoms with Crippen LogP contribution in [0, 0.1) is 0 Å². The van der Waals surface area contributed by atoms with Gasteiger partial charge in [0.15, 0.2) is 0 Å². The molecule has 1 N–H and O–H groups in total. The Kier molecular flexibility index (Phi) is 3.86. The lowest BCUT2D eigenvalue weighted by atomic mass is 10.3. The molecule has 0 radical (unpaired) electrons. The predicted molar refractivity (Wildman–Crippen MR) is 65.6 cm³/mol. The van der Waals surface area contributed by atoms with Crippen LogP contribution in [0.1, 0.15) is 12.8 Å². The van der Waals surface area contributed by atoms with E-state index in [0.29, 0.717) is 6.61 Å². The maximum atomic E-state index is 11.8. The first-order chi connectivity index (χ1) is 8.05. The maximum absolute atomic E-state index is 11.8. The minimum atomic E-state index is -3.43. The zero-order valence-corrected chi connectivity index (χ0v) is 10.7. The first kappa shape index (κ1) is 12.6. The molecule has 1 aromatic heterocycles. The number of hydrogen-bond acceptors (Lipinski definition) is 4. The number of rotatable bonds is 4. The Hall–Kier alpha value is -0.850. The van der Waals surface area contributed by atoms with Crippen molar-refractivity contribution in [1.82, 2.24) is 4.98 Å². The molecule has 1 aliphatic rings. The number of anilines is 1. The van der Waals surface area contributed by atoms with Crippen LogP contribution in [0.4, 0.5) is 5.82 Å². The van der Waals surface area contributed by atoms with E-state index in [1.807, 2.05) is 0 Å². The number of ether oxygens (including phenoxy) is 1. The normalized spacial score (nSPS) is 20.4. The van der Waals surface area contributed by atoms with Gasteiger partial charge in [0.2, 0.25) is 10.0 Å². The molecule has 1 atom stereocenters. The summed E-state index contributed by atoms with van der Waals surface area (Å²) < 4.78 is 31.3. The second-order valence-electron chi connectivity index (χ2n) is 3.86. The average Bonchev–Trinajstić information content (AvgIpc) is 2.68. The Balaban J connectivity index is 2.01. The second kappa shape index (κ2) is 5.20. The number of hydrogen-bond donors (Lipinski definition) is 1. The van der Waals surface area contributed by atoms with Crippen LogP contribution >= 0.6 is 11.6 Å². The fraction of sp³-hybridized carbons (Fsp3) is 0.500. The summed E-state index contributed by atoms with van der Waals surface area (Å²) in [5, 5.41) is 0.252. The Morgan fingerprint density at radius 1 is 1.53 bits per heavy atom. The number of nitrogens with one attached hydrogen (secondary N) is 1. The van der Waals surface area contributed by atoms with Crippen molar-refractivity contribution in [3.63, 3.8) is 0 Å². The number of nitrogens with zero attached hydrogens (tertiary/aromatic N) is 1. The summed E-state index contributed by atoms with van der Waals surface area (Å²) in [5.74, 6) is 0.191. The summed E-state index contributed by atoms with van der Waals surface area (Å²) in [5.41, 5.74) is 0. The predicted octanol–water partition coefficient (Wildman–Crippen LogP) is 1.66. The summed E-state index contributed by atoms with van der Waals surface area (Å²) in [6, 6.07) is 4.78. The molecule has 0 saturated carbocycles. The van der Waals surface area contributed by atoms with E-state index in [4.69, 9.17) is 16.3 Å². The maximum Gasteiger partial charge on any atom is 0.236 e. The van der Waals surface area contributed by atoms with Crippen molar-refractivity contribution >= 4 is 27.4 Å². The Bertz CT molecular complexity index is 486. The smallest absolute Gasteiger partial charge is 0.236 e. The van der Waals surface area contributed by atoms with Gasteiger partial charge >= 0.3 is 0 Å². The van der Waals surface area contributed by atoms with Crippen molar-refractivity contribution in [3.8, 4) is 0 Å². The molecule has 1 aromatic rings. The van der Waals surface area contributed by atoms with Crippen molar-refractivity contribution in [3.05, 3.63) is 23.4 Å². The van der Waals surface area contributed by atoms with E-state index in [9.17, 15) is 8.42 Å². The lowest BCUT2D eigenvalue weighted by Crippen LogP contribution is -2.26. The van der Waals surface area contributed by atoms with E-state index < -0.39 is 10.0 Å². The Morgan fingerprint density at radius 3 is 3.00 bits per heavy atom. The first-order valence-corrected chi connectivity index (χ1v) is 7.33. The molecule has 0 aliphatic carbocycles. The fourth-order valence-electron chi connectivity index (χ4n) is 1.69. The van der Waals surface area contributed by atoms with Gasteiger partial charge in [0.1, 0.15) is 11.0 Å². The van der Waals surface area contributed by atoms with Crippen LogP contribution < -0.4 is 4.72 Å². The highest BCUT2D eigenvalue weighted by Crippen LogP contribution is 2.16. The molecule has 17 heavy (non-hydrogen) atoms. The molecule has 1 saturated heterocycles. The van der Waals surface area contributed by atoms with Gasteiger partial charge in [0.05, 0.1) is 11.9 Å². The highest BCUT2D eigenvalue weighted by Gasteiger charge is 2.23. The summed E-state index contributed by atoms with van der Waals surface area (Å²) in [4.78, 5) is 3.87. The molecular formula is C10H13ClN2O3S. The minimum Gasteiger partial charge on any atom is -0.377 e. The van der Waals surface area contributed by atoms with E-state index in [1.165, 1.54) is 0 Å². The van der Waals surface area contributed by atoms with Gasteiger partial charge in [-0.2, -0.15) is 0 Å². The summed E-state index contributed by atoms with van der Waals surface area (Å²) in [6.45, 7) is 0.635. The molecule has 1 fully saturated rings. The van der Waals surface area contributed by atoms with Gasteiger partial charge in [-0.05, 0) is 25.0 Å². The SMILES string of the molecule is O=S(=O)(CC1CCCO1)Nc1cccc(Cl)n1. The van der Waals surface area contributed by atoms with Crippen LogP contribution in [-0.2, 0) is 14.8 Å². The zero-order chi connectivity index (χ0) is 12.3. The summed E-state index contributed by atoms with van der Waals surface area (Å²) in [7, 11) is -3.43. The largest absolute Gasteiger partial charge is 0.377 e. The van der Waals surface area contributed by atoms with Gasteiger partial charge in [0.25, 0.3) is 0 Å². The monoisotopic (exact) mass is 276 g/mol. The Labute approximate surface area is 105 Å². The van der Waals surface area contributed by atoms with Gasteiger partial charge in [-0.15, -0.1) is 0 Å². The lowest BCUT2D eigenvalue weighted by molar-refractivity contribution is 0.127. The fourth-order valence-corrected chi connectivity index (χ4v) is 3.12. The number of aromatic nitrogens is 1. The Morgan fingerprint density at radius 2 is 2.35 bits per heavy atom. The zero-order valence-electron chi connectivity index (χ0n) is 9.10. The van der Waals surface area contributed by atoms with Gasteiger partial charge in [-0.25, -0.2) is 13.4 Å². The third-order valence-electron chi connectivity index (χ3n) is 2.40. The van der Waals surface area contributed by atoms with Gasteiger partial charge in [0, 0.05) is 6.61 Å². The van der Waals surface area contributed by atoms with Crippen LogP contribution in [0.2, 0.25) is 5.15 Å². The van der Waals surface area contributed by atoms with Crippen LogP contribution in [-0.4, -0.2) is 31.9 Å². The third-order valence-corrected chi connectivity index (χ3v) is 3.95. The molecule has 0 aromatic carbocycles. The average molecular weight is 277 g/mol. The first-order valence-electron chi connectivity index (χ1n) is 5.30. The molecule has 7 heteroatoms. The van der Waals surface area contributed by atoms with Crippen molar-refractivity contribution < 1.29 is 13.2 Å². The highest BCUT2D eigenvalue weighted by atomic mass is 35.5. The van der Waals surface area contributed by atoms with Crippen molar-refractivity contribution in [1.29, 1.82) is 0 Å². The van der Waals surface area contributed by atoms with Gasteiger partial charge < -0.3 is 4.74 Å². The molecule has 0 amide bonds. The molecule has 1 unspecified atom stereocenters. The van der Waals surface area contributed by atoms with Gasteiger partial charge in [-0.3, -0.25) is 4.72 Å². The van der Waals surface area contributed by atoms with E-state index in [0.717, 1.165) is 12.8 Å². The molecule has 1 aliphatic heterocycles. The number of halogens is 1. The minimum absolute atomic E-state index is 0.0405. The highest BCUT2D eigenvalue weighted by molar-refractivity contribution is 7.92. The molecule has 2 heterocycles. The summed E-state index contributed by atoms with van der Waals surface area (Å²) in [6.07, 6.45) is 1.48. The second-order valence-corrected chi connectivity index (χ2v) is 6.02. The van der Waals surface area contributed by atoms with E-state index >= 15 is 0 Å². The van der Waals surface area contributed by atoms with E-state index in [2.05, 4.69) is 9.71 Å². The standard InChI is InChI=1S/C10H13ClN2O3S/c11-9-4-1-5-10(12-9)13-17(14,15)7-8-3-2-6-16-8/h1,4-5,8H,2-3,6-7H2,(H,12,13). The van der Waals surface area contributed by atoms with Gasteiger partial charge in [-0.1, -0.05) is 17.7 Å². The van der Waals surface area contributed by atoms with Crippen molar-refractivity contribution in [2.24, 2.45) is 0 Å². The third kappa shape index (κ3) is 3.83. The van der Waals surface area contributed by atoms with Crippen LogP contribution in [0.5, 0.6) is 0 Å². The van der Waals surface area contributed by atoms with Crippen molar-refractivity contribution in [2.75, 3.05) is 17.1 Å². The molecule has 0 spiro atoms. The summed E-state index contributed by atoms with van der Waals surface area (Å²) >= 11 is 5.67. The number of sulfonamides is 1. The molecule has 2 rings (SSSR count). The molecular weight excluding hydrogens is 264 g/mol. The molecule has 94 valence electrons. The molecule has 0 bridgehead atoms. The van der Waals surface area contributed by atoms with E-state index in [1.54, 1.807) is 18.2 Å². The van der Waals surface area contributed by atoms with Crippen LogP contribution in [0.3, 0.4) is 0 Å². The van der Waals surface area contributed by atoms with Crippen molar-refractivity contribution in [2.45, 2.75) is 18.9 Å². The number of pyridine rings is 1. The van der Waals surface area contributed by atoms with Crippen LogP contribution in [0.25, 0.3) is 0 Å².